The fraction of sp³-hybridized carbons (Fsp3) is 0.533. The molecular weight excluding hydrogens is 243 g/mol. The fourth-order valence-corrected chi connectivity index (χ4v) is 2.61. The van der Waals surface area contributed by atoms with Gasteiger partial charge < -0.3 is 10.2 Å². The van der Waals surface area contributed by atoms with E-state index in [1.165, 1.54) is 6.07 Å². The third-order valence-corrected chi connectivity index (χ3v) is 3.63. The molecule has 4 heteroatoms. The smallest absolute Gasteiger partial charge is 0.220 e. The minimum absolute atomic E-state index is 0.0172. The molecule has 1 aromatic rings. The van der Waals surface area contributed by atoms with Crippen LogP contribution in [0.2, 0.25) is 0 Å². The van der Waals surface area contributed by atoms with E-state index < -0.39 is 0 Å². The molecule has 0 radical (unpaired) electrons. The topological polar surface area (TPSA) is 32.3 Å². The number of carbonyl (C=O) groups excluding carboxylic acids is 1. The van der Waals surface area contributed by atoms with Gasteiger partial charge in [0.15, 0.2) is 0 Å². The fourth-order valence-electron chi connectivity index (χ4n) is 2.61. The average molecular weight is 264 g/mol. The maximum atomic E-state index is 13.4. The molecule has 0 aromatic heterocycles. The van der Waals surface area contributed by atoms with Gasteiger partial charge in [-0.3, -0.25) is 4.79 Å². The van der Waals surface area contributed by atoms with Crippen molar-refractivity contribution in [3.05, 3.63) is 35.6 Å². The van der Waals surface area contributed by atoms with Crippen molar-refractivity contribution in [2.45, 2.75) is 25.8 Å². The summed E-state index contributed by atoms with van der Waals surface area (Å²) in [5.74, 6) is 0.183. The number of hydrogen-bond acceptors (Lipinski definition) is 2. The van der Waals surface area contributed by atoms with E-state index >= 15 is 0 Å². The molecule has 1 amide bonds. The zero-order valence-electron chi connectivity index (χ0n) is 11.4. The third kappa shape index (κ3) is 4.31. The highest BCUT2D eigenvalue weighted by atomic mass is 19.1. The molecule has 1 aliphatic rings. The van der Waals surface area contributed by atoms with Crippen molar-refractivity contribution < 1.29 is 9.18 Å². The summed E-state index contributed by atoms with van der Waals surface area (Å²) in [6.45, 7) is 2.37. The maximum Gasteiger partial charge on any atom is 0.220 e. The minimum atomic E-state index is -0.264. The summed E-state index contributed by atoms with van der Waals surface area (Å²) in [7, 11) is 2.09. The van der Waals surface area contributed by atoms with Crippen molar-refractivity contribution in [1.29, 1.82) is 0 Å². The highest BCUT2D eigenvalue weighted by Crippen LogP contribution is 2.18. The first kappa shape index (κ1) is 14.0. The molecule has 3 nitrogen and oxygen atoms in total. The van der Waals surface area contributed by atoms with Crippen molar-refractivity contribution in [3.63, 3.8) is 0 Å². The molecule has 1 N–H and O–H groups in total. The molecule has 0 bridgehead atoms. The molecule has 1 unspecified atom stereocenters. The zero-order valence-corrected chi connectivity index (χ0v) is 11.4. The second-order valence-electron chi connectivity index (χ2n) is 5.34. The summed E-state index contributed by atoms with van der Waals surface area (Å²) in [5.41, 5.74) is 0.539. The number of nitrogens with one attached hydrogen (secondary N) is 1. The number of hydrogen-bond donors (Lipinski definition) is 1. The lowest BCUT2D eigenvalue weighted by molar-refractivity contribution is -0.122. The quantitative estimate of drug-likeness (QED) is 0.904. The van der Waals surface area contributed by atoms with E-state index in [9.17, 15) is 9.18 Å². The van der Waals surface area contributed by atoms with E-state index in [-0.39, 0.29) is 18.3 Å². The lowest BCUT2D eigenvalue weighted by Gasteiger charge is -2.29. The number of benzene rings is 1. The van der Waals surface area contributed by atoms with Gasteiger partial charge in [0.25, 0.3) is 0 Å². The van der Waals surface area contributed by atoms with Gasteiger partial charge in [-0.05, 0) is 38.4 Å². The maximum absolute atomic E-state index is 13.4. The van der Waals surface area contributed by atoms with Crippen LogP contribution >= 0.6 is 0 Å². The van der Waals surface area contributed by atoms with E-state index in [4.69, 9.17) is 0 Å². The molecule has 1 heterocycles. The molecule has 0 saturated carbocycles. The van der Waals surface area contributed by atoms with Gasteiger partial charge in [0.2, 0.25) is 5.91 Å². The van der Waals surface area contributed by atoms with Gasteiger partial charge in [-0.25, -0.2) is 4.39 Å². The molecule has 1 atom stereocenters. The molecule has 2 rings (SSSR count). The summed E-state index contributed by atoms with van der Waals surface area (Å²) in [6, 6.07) is 6.54. The summed E-state index contributed by atoms with van der Waals surface area (Å²) >= 11 is 0. The first-order valence-electron chi connectivity index (χ1n) is 6.84. The zero-order chi connectivity index (χ0) is 13.7. The number of nitrogens with zero attached hydrogens (tertiary/aromatic N) is 1. The molecule has 1 aliphatic heterocycles. The molecule has 1 saturated heterocycles. The van der Waals surface area contributed by atoms with Crippen LogP contribution in [-0.4, -0.2) is 30.9 Å². The van der Waals surface area contributed by atoms with Crippen molar-refractivity contribution >= 4 is 5.91 Å². The number of halogens is 1. The SMILES string of the molecule is CN1CCCC(CC(=O)NCc2ccccc2F)C1. The highest BCUT2D eigenvalue weighted by molar-refractivity contribution is 5.76. The summed E-state index contributed by atoms with van der Waals surface area (Å²) in [6.07, 6.45) is 2.80. The van der Waals surface area contributed by atoms with Crippen LogP contribution in [0.4, 0.5) is 4.39 Å². The van der Waals surface area contributed by atoms with Crippen LogP contribution in [0.25, 0.3) is 0 Å². The molecule has 1 fully saturated rings. The Balaban J connectivity index is 1.77. The van der Waals surface area contributed by atoms with E-state index in [2.05, 4.69) is 17.3 Å². The van der Waals surface area contributed by atoms with Gasteiger partial charge in [0.05, 0.1) is 0 Å². The van der Waals surface area contributed by atoms with Crippen molar-refractivity contribution in [3.8, 4) is 0 Å². The van der Waals surface area contributed by atoms with Crippen molar-refractivity contribution in [2.24, 2.45) is 5.92 Å². The van der Waals surface area contributed by atoms with Crippen LogP contribution < -0.4 is 5.32 Å². The van der Waals surface area contributed by atoms with Crippen LogP contribution in [0, 0.1) is 11.7 Å². The van der Waals surface area contributed by atoms with Crippen LogP contribution in [0.1, 0.15) is 24.8 Å². The first-order valence-corrected chi connectivity index (χ1v) is 6.84. The Morgan fingerprint density at radius 3 is 3.00 bits per heavy atom. The predicted octanol–water partition coefficient (Wildman–Crippen LogP) is 2.17. The minimum Gasteiger partial charge on any atom is -0.352 e. The Morgan fingerprint density at radius 1 is 1.47 bits per heavy atom. The van der Waals surface area contributed by atoms with Crippen LogP contribution in [0.3, 0.4) is 0 Å². The van der Waals surface area contributed by atoms with Gasteiger partial charge in [0.1, 0.15) is 5.82 Å². The van der Waals surface area contributed by atoms with Gasteiger partial charge in [-0.1, -0.05) is 18.2 Å². The van der Waals surface area contributed by atoms with E-state index in [1.54, 1.807) is 18.2 Å². The monoisotopic (exact) mass is 264 g/mol. The standard InChI is InChI=1S/C15H21FN2O/c1-18-8-4-5-12(11-18)9-15(19)17-10-13-6-2-3-7-14(13)16/h2-3,6-7,12H,4-5,8-11H2,1H3,(H,17,19). The number of likely N-dealkylation sites (tertiary alicyclic amines) is 1. The summed E-state index contributed by atoms with van der Waals surface area (Å²) < 4.78 is 13.4. The van der Waals surface area contributed by atoms with Crippen LogP contribution in [0.15, 0.2) is 24.3 Å². The van der Waals surface area contributed by atoms with E-state index in [0.717, 1.165) is 25.9 Å². The first-order chi connectivity index (χ1) is 9.15. The number of amides is 1. The molecule has 0 spiro atoms. The average Bonchev–Trinajstić information content (AvgIpc) is 2.38. The molecule has 19 heavy (non-hydrogen) atoms. The summed E-state index contributed by atoms with van der Waals surface area (Å²) in [4.78, 5) is 14.1. The Labute approximate surface area is 113 Å². The van der Waals surface area contributed by atoms with Crippen LogP contribution in [-0.2, 0) is 11.3 Å². The Hall–Kier alpha value is -1.42. The molecule has 104 valence electrons. The van der Waals surface area contributed by atoms with E-state index in [0.29, 0.717) is 17.9 Å². The Kier molecular flexibility index (Phi) is 4.91. The predicted molar refractivity (Wildman–Crippen MR) is 73.1 cm³/mol. The number of rotatable bonds is 4. The number of carbonyl (C=O) groups is 1. The second-order valence-corrected chi connectivity index (χ2v) is 5.34. The lowest BCUT2D eigenvalue weighted by atomic mass is 9.95. The molecule has 1 aromatic carbocycles. The number of piperidine rings is 1. The van der Waals surface area contributed by atoms with Crippen molar-refractivity contribution in [1.82, 2.24) is 10.2 Å². The van der Waals surface area contributed by atoms with Crippen molar-refractivity contribution in [2.75, 3.05) is 20.1 Å². The second kappa shape index (κ2) is 6.66. The molecular formula is C15H21FN2O. The normalized spacial score (nSPS) is 20.2. The Morgan fingerprint density at radius 2 is 2.26 bits per heavy atom. The van der Waals surface area contributed by atoms with Crippen LogP contribution in [0.5, 0.6) is 0 Å². The lowest BCUT2D eigenvalue weighted by Crippen LogP contribution is -2.35. The van der Waals surface area contributed by atoms with Gasteiger partial charge >= 0.3 is 0 Å². The van der Waals surface area contributed by atoms with E-state index in [1.807, 2.05) is 0 Å². The van der Waals surface area contributed by atoms with Gasteiger partial charge in [0, 0.05) is 25.1 Å². The highest BCUT2D eigenvalue weighted by Gasteiger charge is 2.19. The third-order valence-electron chi connectivity index (χ3n) is 3.63. The Bertz CT molecular complexity index is 436. The molecule has 0 aliphatic carbocycles. The van der Waals surface area contributed by atoms with Gasteiger partial charge in [-0.2, -0.15) is 0 Å². The summed E-state index contributed by atoms with van der Waals surface area (Å²) in [5, 5.41) is 2.80. The largest absolute Gasteiger partial charge is 0.352 e. The van der Waals surface area contributed by atoms with Gasteiger partial charge in [-0.15, -0.1) is 0 Å².